The second-order valence-corrected chi connectivity index (χ2v) is 29.3. The molecule has 6 fully saturated rings. The predicted molar refractivity (Wildman–Crippen MR) is 288 cm³/mol. The number of ether oxygens (including phenoxy) is 2. The third-order valence-corrected chi connectivity index (χ3v) is 24.5. The van der Waals surface area contributed by atoms with E-state index in [1.807, 2.05) is 0 Å². The van der Waals surface area contributed by atoms with Crippen LogP contribution in [0.2, 0.25) is 0 Å². The number of fused-ring (bicyclic) bond motifs is 10. The summed E-state index contributed by atoms with van der Waals surface area (Å²) < 4.78 is 12.1. The standard InChI is InChI=1S/C60H100N2O4S2/c1-39(2)13-11-15-41(5)49-21-23-51-47-19-17-43-37-45(25-29-57(43,7)53(47)27-31-59(49,51)9)65-55(63)61-33-35-67-68-36-34-62-56(64)66-46-26-30-58(8)44(38-46)18-20-48-52-24-22-50(42(6)16-12-14-40(3)4)60(52,10)32-28-54(48)58/h17-18,39-42,45-54H,11-16,19-38H2,1-10H3,(H,61,63)(H,62,64)/t41-,42-,45?,46?,47?,48?,49-,50-,51?,52?,53?,54?,57?,58?,59?,60?/m1/s1. The van der Waals surface area contributed by atoms with Gasteiger partial charge in [-0.3, -0.25) is 0 Å². The summed E-state index contributed by atoms with van der Waals surface area (Å²) in [5, 5.41) is 6.05. The van der Waals surface area contributed by atoms with Crippen LogP contribution >= 0.6 is 21.6 Å². The van der Waals surface area contributed by atoms with Crippen LogP contribution < -0.4 is 10.6 Å². The summed E-state index contributed by atoms with van der Waals surface area (Å²) in [4.78, 5) is 25.9. The van der Waals surface area contributed by atoms with E-state index < -0.39 is 0 Å². The fraction of sp³-hybridized carbons (Fsp3) is 0.900. The van der Waals surface area contributed by atoms with Gasteiger partial charge in [-0.15, -0.1) is 0 Å². The minimum absolute atomic E-state index is 0.0215. The summed E-state index contributed by atoms with van der Waals surface area (Å²) in [6, 6.07) is 0. The molecule has 0 spiro atoms. The van der Waals surface area contributed by atoms with Crippen molar-refractivity contribution in [2.75, 3.05) is 24.6 Å². The number of hydrogen-bond acceptors (Lipinski definition) is 6. The van der Waals surface area contributed by atoms with Gasteiger partial charge in [-0.1, -0.05) is 153 Å². The molecule has 0 aromatic heterocycles. The van der Waals surface area contributed by atoms with Crippen LogP contribution in [0.4, 0.5) is 9.59 Å². The van der Waals surface area contributed by atoms with Crippen molar-refractivity contribution in [3.05, 3.63) is 23.3 Å². The van der Waals surface area contributed by atoms with Crippen molar-refractivity contribution in [3.8, 4) is 0 Å². The maximum atomic E-state index is 12.9. The molecule has 0 bridgehead atoms. The Morgan fingerprint density at radius 3 is 1.37 bits per heavy atom. The van der Waals surface area contributed by atoms with E-state index in [-0.39, 0.29) is 35.2 Å². The van der Waals surface area contributed by atoms with Gasteiger partial charge in [-0.25, -0.2) is 9.59 Å². The van der Waals surface area contributed by atoms with Gasteiger partial charge in [0, 0.05) is 37.4 Å². The number of allylic oxidation sites excluding steroid dienone is 2. The Balaban J connectivity index is 0.689. The predicted octanol–water partition coefficient (Wildman–Crippen LogP) is 16.6. The molecular weight excluding hydrogens is 877 g/mol. The molecule has 386 valence electrons. The Kier molecular flexibility index (Phi) is 17.5. The first-order valence-electron chi connectivity index (χ1n) is 29.0. The zero-order valence-electron chi connectivity index (χ0n) is 45.1. The summed E-state index contributed by atoms with van der Waals surface area (Å²) in [6.07, 6.45) is 32.8. The van der Waals surface area contributed by atoms with Crippen molar-refractivity contribution in [2.45, 2.75) is 223 Å². The molecule has 68 heavy (non-hydrogen) atoms. The normalized spacial score (nSPS) is 40.4. The number of alkyl carbamates (subject to hydrolysis) is 2. The maximum Gasteiger partial charge on any atom is 0.407 e. The number of nitrogens with one attached hydrogen (secondary N) is 2. The maximum absolute atomic E-state index is 12.9. The monoisotopic (exact) mass is 977 g/mol. The van der Waals surface area contributed by atoms with Crippen molar-refractivity contribution < 1.29 is 19.1 Å². The topological polar surface area (TPSA) is 76.7 Å². The minimum Gasteiger partial charge on any atom is -0.446 e. The lowest BCUT2D eigenvalue weighted by molar-refractivity contribution is -0.0581. The van der Waals surface area contributed by atoms with Crippen LogP contribution in [-0.4, -0.2) is 49.0 Å². The molecule has 0 radical (unpaired) electrons. The molecule has 8 aliphatic rings. The molecule has 6 nitrogen and oxygen atoms in total. The third kappa shape index (κ3) is 11.1. The van der Waals surface area contributed by atoms with Gasteiger partial charge in [-0.05, 0) is 183 Å². The van der Waals surface area contributed by atoms with E-state index in [0.29, 0.717) is 23.9 Å². The van der Waals surface area contributed by atoms with E-state index in [2.05, 4.69) is 92.0 Å². The van der Waals surface area contributed by atoms with Crippen LogP contribution in [0.1, 0.15) is 210 Å². The Morgan fingerprint density at radius 2 is 0.971 bits per heavy atom. The van der Waals surface area contributed by atoms with Crippen molar-refractivity contribution in [1.29, 1.82) is 0 Å². The van der Waals surface area contributed by atoms with Crippen LogP contribution in [-0.2, 0) is 9.47 Å². The number of carbonyl (C=O) groups is 2. The highest BCUT2D eigenvalue weighted by atomic mass is 33.1. The fourth-order valence-corrected chi connectivity index (χ4v) is 20.2. The lowest BCUT2D eigenvalue weighted by Gasteiger charge is -2.58. The molecule has 0 aromatic carbocycles. The lowest BCUT2D eigenvalue weighted by Crippen LogP contribution is -2.51. The molecule has 2 amide bonds. The molecule has 0 saturated heterocycles. The van der Waals surface area contributed by atoms with Gasteiger partial charge in [-0.2, -0.15) is 0 Å². The van der Waals surface area contributed by atoms with Gasteiger partial charge >= 0.3 is 12.2 Å². The molecule has 0 aliphatic heterocycles. The second kappa shape index (κ2) is 22.5. The van der Waals surface area contributed by atoms with Gasteiger partial charge in [0.1, 0.15) is 12.2 Å². The Morgan fingerprint density at radius 1 is 0.559 bits per heavy atom. The molecule has 8 heteroatoms. The zero-order chi connectivity index (χ0) is 48.4. The third-order valence-electron chi connectivity index (χ3n) is 22.1. The first-order valence-corrected chi connectivity index (χ1v) is 31.5. The first-order chi connectivity index (χ1) is 32.5. The van der Waals surface area contributed by atoms with Crippen LogP contribution in [0.25, 0.3) is 0 Å². The Bertz CT molecular complexity index is 1660. The summed E-state index contributed by atoms with van der Waals surface area (Å²) in [5.74, 6) is 11.7. The van der Waals surface area contributed by atoms with Crippen molar-refractivity contribution in [3.63, 3.8) is 0 Å². The second-order valence-electron chi connectivity index (χ2n) is 26.6. The quantitative estimate of drug-likeness (QED) is 0.0763. The Hall–Kier alpha value is -1.28. The average Bonchev–Trinajstić information content (AvgIpc) is 3.84. The molecule has 16 atom stereocenters. The smallest absolute Gasteiger partial charge is 0.407 e. The van der Waals surface area contributed by atoms with E-state index in [1.165, 1.54) is 103 Å². The van der Waals surface area contributed by atoms with Crippen LogP contribution in [0.15, 0.2) is 23.3 Å². The van der Waals surface area contributed by atoms with E-state index in [1.54, 1.807) is 32.7 Å². The van der Waals surface area contributed by atoms with Crippen LogP contribution in [0.3, 0.4) is 0 Å². The van der Waals surface area contributed by atoms with Gasteiger partial charge < -0.3 is 20.1 Å². The molecule has 0 aromatic rings. The van der Waals surface area contributed by atoms with E-state index in [0.717, 1.165) is 121 Å². The van der Waals surface area contributed by atoms with Gasteiger partial charge in [0.15, 0.2) is 0 Å². The van der Waals surface area contributed by atoms with Crippen LogP contribution in [0, 0.1) is 92.7 Å². The summed E-state index contributed by atoms with van der Waals surface area (Å²) in [6.45, 7) is 26.3. The number of amides is 2. The largest absolute Gasteiger partial charge is 0.446 e. The number of rotatable bonds is 19. The van der Waals surface area contributed by atoms with Crippen molar-refractivity contribution in [2.24, 2.45) is 92.7 Å². The average molecular weight is 978 g/mol. The fourth-order valence-electron chi connectivity index (χ4n) is 18.4. The van der Waals surface area contributed by atoms with E-state index in [9.17, 15) is 9.59 Å². The molecule has 8 aliphatic carbocycles. The number of carbonyl (C=O) groups excluding carboxylic acids is 2. The highest BCUT2D eigenvalue weighted by molar-refractivity contribution is 8.76. The Labute approximate surface area is 424 Å². The van der Waals surface area contributed by atoms with Gasteiger partial charge in [0.05, 0.1) is 0 Å². The van der Waals surface area contributed by atoms with E-state index >= 15 is 0 Å². The van der Waals surface area contributed by atoms with Crippen molar-refractivity contribution in [1.82, 2.24) is 10.6 Å². The summed E-state index contributed by atoms with van der Waals surface area (Å²) >= 11 is 0. The summed E-state index contributed by atoms with van der Waals surface area (Å²) in [5.41, 5.74) is 4.71. The zero-order valence-corrected chi connectivity index (χ0v) is 46.7. The molecule has 2 N–H and O–H groups in total. The first kappa shape index (κ1) is 53.0. The lowest BCUT2D eigenvalue weighted by atomic mass is 9.47. The molecular formula is C60H100N2O4S2. The minimum atomic E-state index is -0.274. The molecule has 12 unspecified atom stereocenters. The SMILES string of the molecule is CC(C)CCC[C@@H](C)[C@H]1CCC2C3CC=C4CC(OC(=O)NCCSSCCNC(=O)OC5CCC6(C)C(=CCC7C6CCC6(C)C7CC[C@@H]6[C@H](C)CCCC(C)C)C5)CCC4(C)C3CCC21C. The summed E-state index contributed by atoms with van der Waals surface area (Å²) in [7, 11) is 3.47. The van der Waals surface area contributed by atoms with E-state index in [4.69, 9.17) is 9.47 Å². The molecule has 8 rings (SSSR count). The van der Waals surface area contributed by atoms with Crippen molar-refractivity contribution >= 4 is 33.8 Å². The van der Waals surface area contributed by atoms with Crippen LogP contribution in [0.5, 0.6) is 0 Å². The highest BCUT2D eigenvalue weighted by Gasteiger charge is 2.61. The molecule has 0 heterocycles. The van der Waals surface area contributed by atoms with Gasteiger partial charge in [0.2, 0.25) is 0 Å². The number of hydrogen-bond donors (Lipinski definition) is 2. The molecule has 6 saturated carbocycles. The highest BCUT2D eigenvalue weighted by Crippen LogP contribution is 2.69. The van der Waals surface area contributed by atoms with Gasteiger partial charge in [0.25, 0.3) is 0 Å².